The number of nitriles is 1. The van der Waals surface area contributed by atoms with Crippen LogP contribution in [0.4, 0.5) is 5.82 Å². The van der Waals surface area contributed by atoms with E-state index in [2.05, 4.69) is 52.9 Å². The van der Waals surface area contributed by atoms with Crippen LogP contribution < -0.4 is 4.90 Å². The van der Waals surface area contributed by atoms with Gasteiger partial charge in [-0.25, -0.2) is 0 Å². The van der Waals surface area contributed by atoms with Gasteiger partial charge in [-0.05, 0) is 12.1 Å². The third kappa shape index (κ3) is 3.42. The molecule has 1 aliphatic rings. The predicted molar refractivity (Wildman–Crippen MR) is 75.0 cm³/mol. The summed E-state index contributed by atoms with van der Waals surface area (Å²) in [5, 5.41) is 17.3. The number of anilines is 1. The Kier molecular flexibility index (Phi) is 4.01. The highest BCUT2D eigenvalue weighted by Crippen LogP contribution is 2.21. The van der Waals surface area contributed by atoms with Crippen LogP contribution in [-0.2, 0) is 5.41 Å². The van der Waals surface area contributed by atoms with Crippen LogP contribution in [0.1, 0.15) is 26.5 Å². The molecule has 0 aliphatic carbocycles. The van der Waals surface area contributed by atoms with Gasteiger partial charge in [0.1, 0.15) is 0 Å². The van der Waals surface area contributed by atoms with Crippen molar-refractivity contribution in [3.05, 3.63) is 17.8 Å². The van der Waals surface area contributed by atoms with Crippen LogP contribution in [0, 0.1) is 11.3 Å². The zero-order chi connectivity index (χ0) is 13.9. The third-order valence-electron chi connectivity index (χ3n) is 3.41. The van der Waals surface area contributed by atoms with Crippen molar-refractivity contribution in [2.45, 2.75) is 26.2 Å². The molecule has 1 aliphatic heterocycles. The van der Waals surface area contributed by atoms with Crippen molar-refractivity contribution < 1.29 is 0 Å². The summed E-state index contributed by atoms with van der Waals surface area (Å²) in [7, 11) is 0. The summed E-state index contributed by atoms with van der Waals surface area (Å²) in [4.78, 5) is 4.39. The van der Waals surface area contributed by atoms with Gasteiger partial charge in [-0.3, -0.25) is 4.90 Å². The summed E-state index contributed by atoms with van der Waals surface area (Å²) < 4.78 is 0. The zero-order valence-corrected chi connectivity index (χ0v) is 11.9. The standard InChI is InChI=1S/C14H21N5/c1-14(2,3)12-4-5-13(17-16-12)19-10-8-18(7-6-15)9-11-19/h4-5H,7-11H2,1-3H3. The molecule has 2 rings (SSSR count). The summed E-state index contributed by atoms with van der Waals surface area (Å²) in [5.41, 5.74) is 1.05. The Morgan fingerprint density at radius 1 is 1.16 bits per heavy atom. The smallest absolute Gasteiger partial charge is 0.151 e. The highest BCUT2D eigenvalue weighted by molar-refractivity contribution is 5.38. The van der Waals surface area contributed by atoms with Crippen LogP contribution in [-0.4, -0.2) is 47.8 Å². The molecule has 1 aromatic heterocycles. The Morgan fingerprint density at radius 2 is 1.84 bits per heavy atom. The molecule has 0 bridgehead atoms. The molecule has 0 atom stereocenters. The van der Waals surface area contributed by atoms with Crippen LogP contribution in [0.25, 0.3) is 0 Å². The lowest BCUT2D eigenvalue weighted by Gasteiger charge is -2.34. The second kappa shape index (κ2) is 5.54. The molecule has 1 fully saturated rings. The Morgan fingerprint density at radius 3 is 2.32 bits per heavy atom. The monoisotopic (exact) mass is 259 g/mol. The van der Waals surface area contributed by atoms with Gasteiger partial charge in [0.05, 0.1) is 18.3 Å². The fraction of sp³-hybridized carbons (Fsp3) is 0.643. The molecular formula is C14H21N5. The number of piperazine rings is 1. The molecule has 19 heavy (non-hydrogen) atoms. The number of aromatic nitrogens is 2. The van der Waals surface area contributed by atoms with Gasteiger partial charge in [-0.2, -0.15) is 10.4 Å². The highest BCUT2D eigenvalue weighted by Gasteiger charge is 2.20. The van der Waals surface area contributed by atoms with Crippen LogP contribution in [0.15, 0.2) is 12.1 Å². The Hall–Kier alpha value is -1.67. The van der Waals surface area contributed by atoms with Crippen molar-refractivity contribution in [2.75, 3.05) is 37.6 Å². The fourth-order valence-corrected chi connectivity index (χ4v) is 2.13. The fourth-order valence-electron chi connectivity index (χ4n) is 2.13. The predicted octanol–water partition coefficient (Wildman–Crippen LogP) is 1.42. The average molecular weight is 259 g/mol. The lowest BCUT2D eigenvalue weighted by molar-refractivity contribution is 0.286. The molecule has 0 amide bonds. The number of hydrogen-bond donors (Lipinski definition) is 0. The molecule has 0 radical (unpaired) electrons. The van der Waals surface area contributed by atoms with Gasteiger partial charge in [0.2, 0.25) is 0 Å². The van der Waals surface area contributed by atoms with Crippen molar-refractivity contribution in [3.8, 4) is 6.07 Å². The summed E-state index contributed by atoms with van der Waals surface area (Å²) in [6, 6.07) is 6.30. The minimum Gasteiger partial charge on any atom is -0.353 e. The highest BCUT2D eigenvalue weighted by atomic mass is 15.3. The van der Waals surface area contributed by atoms with Gasteiger partial charge < -0.3 is 4.90 Å². The minimum atomic E-state index is 0.0387. The maximum absolute atomic E-state index is 8.68. The van der Waals surface area contributed by atoms with Crippen LogP contribution in [0.5, 0.6) is 0 Å². The molecule has 5 heteroatoms. The zero-order valence-electron chi connectivity index (χ0n) is 11.9. The molecule has 2 heterocycles. The quantitative estimate of drug-likeness (QED) is 0.752. The minimum absolute atomic E-state index is 0.0387. The van der Waals surface area contributed by atoms with E-state index in [1.807, 2.05) is 6.07 Å². The first-order valence-electron chi connectivity index (χ1n) is 6.69. The van der Waals surface area contributed by atoms with Crippen molar-refractivity contribution >= 4 is 5.82 Å². The van der Waals surface area contributed by atoms with Crippen molar-refractivity contribution in [1.29, 1.82) is 5.26 Å². The first kappa shape index (κ1) is 13.8. The topological polar surface area (TPSA) is 56.0 Å². The first-order chi connectivity index (χ1) is 9.00. The Balaban J connectivity index is 1.99. The molecule has 0 aromatic carbocycles. The second-order valence-electron chi connectivity index (χ2n) is 5.95. The van der Waals surface area contributed by atoms with Gasteiger partial charge in [-0.1, -0.05) is 20.8 Å². The summed E-state index contributed by atoms with van der Waals surface area (Å²) in [6.45, 7) is 10.6. The molecule has 1 aromatic rings. The lowest BCUT2D eigenvalue weighted by Crippen LogP contribution is -2.46. The molecule has 0 saturated carbocycles. The van der Waals surface area contributed by atoms with Crippen molar-refractivity contribution in [2.24, 2.45) is 0 Å². The lowest BCUT2D eigenvalue weighted by atomic mass is 9.92. The van der Waals surface area contributed by atoms with E-state index in [0.29, 0.717) is 6.54 Å². The van der Waals surface area contributed by atoms with E-state index in [1.165, 1.54) is 0 Å². The molecule has 0 spiro atoms. The van der Waals surface area contributed by atoms with E-state index in [4.69, 9.17) is 5.26 Å². The molecule has 1 saturated heterocycles. The maximum atomic E-state index is 8.68. The van der Waals surface area contributed by atoms with Crippen LogP contribution >= 0.6 is 0 Å². The molecular weight excluding hydrogens is 238 g/mol. The molecule has 0 N–H and O–H groups in total. The van der Waals surface area contributed by atoms with E-state index in [1.54, 1.807) is 0 Å². The first-order valence-corrected chi connectivity index (χ1v) is 6.69. The number of hydrogen-bond acceptors (Lipinski definition) is 5. The van der Waals surface area contributed by atoms with E-state index in [0.717, 1.165) is 37.7 Å². The Labute approximate surface area is 114 Å². The van der Waals surface area contributed by atoms with Crippen molar-refractivity contribution in [1.82, 2.24) is 15.1 Å². The van der Waals surface area contributed by atoms with Crippen molar-refractivity contribution in [3.63, 3.8) is 0 Å². The largest absolute Gasteiger partial charge is 0.353 e. The van der Waals surface area contributed by atoms with E-state index in [-0.39, 0.29) is 5.41 Å². The average Bonchev–Trinajstić information content (AvgIpc) is 2.39. The number of nitrogens with zero attached hydrogens (tertiary/aromatic N) is 5. The summed E-state index contributed by atoms with van der Waals surface area (Å²) >= 11 is 0. The summed E-state index contributed by atoms with van der Waals surface area (Å²) in [6.07, 6.45) is 0. The third-order valence-corrected chi connectivity index (χ3v) is 3.41. The molecule has 0 unspecified atom stereocenters. The second-order valence-corrected chi connectivity index (χ2v) is 5.95. The summed E-state index contributed by atoms with van der Waals surface area (Å²) in [5.74, 6) is 0.935. The van der Waals surface area contributed by atoms with Gasteiger partial charge in [0, 0.05) is 31.6 Å². The van der Waals surface area contributed by atoms with E-state index in [9.17, 15) is 0 Å². The van der Waals surface area contributed by atoms with Gasteiger partial charge in [-0.15, -0.1) is 5.10 Å². The van der Waals surface area contributed by atoms with Gasteiger partial charge >= 0.3 is 0 Å². The number of rotatable bonds is 2. The van der Waals surface area contributed by atoms with Crippen LogP contribution in [0.2, 0.25) is 0 Å². The molecule has 5 nitrogen and oxygen atoms in total. The molecule has 102 valence electrons. The normalized spacial score (nSPS) is 17.3. The van der Waals surface area contributed by atoms with Crippen LogP contribution in [0.3, 0.4) is 0 Å². The van der Waals surface area contributed by atoms with Gasteiger partial charge in [0.15, 0.2) is 5.82 Å². The van der Waals surface area contributed by atoms with E-state index < -0.39 is 0 Å². The SMILES string of the molecule is CC(C)(C)c1ccc(N2CCN(CC#N)CC2)nn1. The van der Waals surface area contributed by atoms with Gasteiger partial charge in [0.25, 0.3) is 0 Å². The van der Waals surface area contributed by atoms with E-state index >= 15 is 0 Å². The maximum Gasteiger partial charge on any atom is 0.151 e. The Bertz CT molecular complexity index is 446.